The first-order chi connectivity index (χ1) is 13.4. The Hall–Kier alpha value is -0.240. The number of hydrogen-bond acceptors (Lipinski definition) is 6. The van der Waals surface area contributed by atoms with Gasteiger partial charge in [-0.05, 0) is 101 Å². The standard InChI is InChI=1S/C17H34O4.C8H18O2/c1-13-10-16(8,9)12-17(11-13,20-18-14(2,3)4)21-19-15(5,6)7;1-7(2,3)9-10-8(4,5)6/h13H,10-12H2,1-9H3;1-6H3. The van der Waals surface area contributed by atoms with Crippen LogP contribution < -0.4 is 0 Å². The van der Waals surface area contributed by atoms with Crippen molar-refractivity contribution in [3.05, 3.63) is 0 Å². The van der Waals surface area contributed by atoms with Crippen LogP contribution in [0.15, 0.2) is 0 Å². The zero-order valence-electron chi connectivity index (χ0n) is 23.1. The molecule has 0 amide bonds. The predicted molar refractivity (Wildman–Crippen MR) is 125 cm³/mol. The first-order valence-electron chi connectivity index (χ1n) is 11.5. The first kappa shape index (κ1) is 30.8. The molecule has 6 nitrogen and oxygen atoms in total. The van der Waals surface area contributed by atoms with Crippen molar-refractivity contribution in [2.75, 3.05) is 0 Å². The summed E-state index contributed by atoms with van der Waals surface area (Å²) in [4.78, 5) is 32.9. The highest BCUT2D eigenvalue weighted by Gasteiger charge is 2.48. The van der Waals surface area contributed by atoms with Gasteiger partial charge in [0.1, 0.15) is 0 Å². The molecule has 0 saturated heterocycles. The van der Waals surface area contributed by atoms with E-state index in [0.717, 1.165) is 19.3 Å². The molecule has 1 aliphatic rings. The van der Waals surface area contributed by atoms with Gasteiger partial charge in [-0.15, -0.1) is 0 Å². The fourth-order valence-electron chi connectivity index (χ4n) is 3.21. The van der Waals surface area contributed by atoms with Gasteiger partial charge in [-0.25, -0.2) is 19.6 Å². The summed E-state index contributed by atoms with van der Waals surface area (Å²) < 4.78 is 0. The average Bonchev–Trinajstić information content (AvgIpc) is 2.45. The van der Waals surface area contributed by atoms with Crippen LogP contribution in [0.25, 0.3) is 0 Å². The van der Waals surface area contributed by atoms with Crippen LogP contribution in [0.2, 0.25) is 0 Å². The van der Waals surface area contributed by atoms with Crippen LogP contribution in [-0.2, 0) is 29.3 Å². The van der Waals surface area contributed by atoms with E-state index in [1.54, 1.807) is 0 Å². The summed E-state index contributed by atoms with van der Waals surface area (Å²) in [5.41, 5.74) is -1.08. The lowest BCUT2D eigenvalue weighted by molar-refractivity contribution is -0.551. The van der Waals surface area contributed by atoms with E-state index in [1.165, 1.54) is 0 Å². The molecule has 31 heavy (non-hydrogen) atoms. The van der Waals surface area contributed by atoms with Crippen molar-refractivity contribution in [3.8, 4) is 0 Å². The summed E-state index contributed by atoms with van der Waals surface area (Å²) in [6.07, 6.45) is 2.66. The molecule has 0 aliphatic heterocycles. The smallest absolute Gasteiger partial charge is 0.230 e. The van der Waals surface area contributed by atoms with E-state index in [4.69, 9.17) is 29.3 Å². The van der Waals surface area contributed by atoms with Gasteiger partial charge in [0.05, 0.1) is 22.4 Å². The molecule has 1 aliphatic carbocycles. The SMILES string of the molecule is CC(C)(C)OOC(C)(C)C.CC1CC(C)(C)CC(OOC(C)(C)C)(OOC(C)(C)C)C1. The molecule has 0 spiro atoms. The van der Waals surface area contributed by atoms with E-state index in [-0.39, 0.29) is 27.8 Å². The lowest BCUT2D eigenvalue weighted by atomic mass is 9.70. The van der Waals surface area contributed by atoms with Crippen molar-refractivity contribution in [2.24, 2.45) is 11.3 Å². The van der Waals surface area contributed by atoms with Gasteiger partial charge in [0.25, 0.3) is 0 Å². The first-order valence-corrected chi connectivity index (χ1v) is 11.5. The predicted octanol–water partition coefficient (Wildman–Crippen LogP) is 7.55. The Kier molecular flexibility index (Phi) is 10.7. The van der Waals surface area contributed by atoms with Crippen molar-refractivity contribution in [3.63, 3.8) is 0 Å². The third-order valence-electron chi connectivity index (χ3n) is 3.74. The van der Waals surface area contributed by atoms with E-state index in [1.807, 2.05) is 83.1 Å². The Labute approximate surface area is 192 Å². The van der Waals surface area contributed by atoms with E-state index in [0.29, 0.717) is 5.92 Å². The van der Waals surface area contributed by atoms with Gasteiger partial charge in [-0.2, -0.15) is 9.78 Å². The molecule has 0 heterocycles. The van der Waals surface area contributed by atoms with Crippen LogP contribution in [0.1, 0.15) is 123 Å². The molecular formula is C25H52O6. The van der Waals surface area contributed by atoms with Crippen LogP contribution >= 0.6 is 0 Å². The molecule has 0 radical (unpaired) electrons. The number of rotatable bonds is 5. The Bertz CT molecular complexity index is 482. The minimum Gasteiger partial charge on any atom is -0.230 e. The van der Waals surface area contributed by atoms with Gasteiger partial charge in [-0.1, -0.05) is 20.8 Å². The molecule has 0 bridgehead atoms. The van der Waals surface area contributed by atoms with Crippen molar-refractivity contribution < 1.29 is 29.3 Å². The lowest BCUT2D eigenvalue weighted by Gasteiger charge is -2.46. The number of hydrogen-bond donors (Lipinski definition) is 0. The van der Waals surface area contributed by atoms with Crippen LogP contribution in [0.3, 0.4) is 0 Å². The molecule has 1 rings (SSSR count). The maximum atomic E-state index is 5.79. The fraction of sp³-hybridized carbons (Fsp3) is 1.00. The molecule has 0 aromatic carbocycles. The summed E-state index contributed by atoms with van der Waals surface area (Å²) in [7, 11) is 0. The topological polar surface area (TPSA) is 55.4 Å². The Morgan fingerprint density at radius 3 is 1.13 bits per heavy atom. The molecule has 1 unspecified atom stereocenters. The monoisotopic (exact) mass is 448 g/mol. The lowest BCUT2D eigenvalue weighted by Crippen LogP contribution is -2.48. The highest BCUT2D eigenvalue weighted by Crippen LogP contribution is 2.47. The van der Waals surface area contributed by atoms with E-state index in [2.05, 4.69) is 20.8 Å². The summed E-state index contributed by atoms with van der Waals surface area (Å²) in [6.45, 7) is 30.2. The van der Waals surface area contributed by atoms with Crippen LogP contribution in [0.5, 0.6) is 0 Å². The summed E-state index contributed by atoms with van der Waals surface area (Å²) in [5.74, 6) is -0.359. The van der Waals surface area contributed by atoms with Gasteiger partial charge in [0.2, 0.25) is 5.79 Å². The van der Waals surface area contributed by atoms with Gasteiger partial charge in [0, 0.05) is 12.8 Å². The van der Waals surface area contributed by atoms with Gasteiger partial charge in [0.15, 0.2) is 0 Å². The molecule has 0 aromatic heterocycles. The second-order valence-electron chi connectivity index (χ2n) is 13.7. The minimum absolute atomic E-state index is 0.125. The molecule has 0 aromatic rings. The largest absolute Gasteiger partial charge is 0.234 e. The normalized spacial score (nSPS) is 22.0. The summed E-state index contributed by atoms with van der Waals surface area (Å²) in [6, 6.07) is 0. The summed E-state index contributed by atoms with van der Waals surface area (Å²) in [5, 5.41) is 0. The van der Waals surface area contributed by atoms with E-state index >= 15 is 0 Å². The Balaban J connectivity index is 0.000000759. The van der Waals surface area contributed by atoms with E-state index < -0.39 is 5.79 Å². The van der Waals surface area contributed by atoms with Crippen molar-refractivity contribution in [1.82, 2.24) is 0 Å². The maximum Gasteiger partial charge on any atom is 0.234 e. The van der Waals surface area contributed by atoms with Crippen LogP contribution in [0, 0.1) is 11.3 Å². The van der Waals surface area contributed by atoms with E-state index in [9.17, 15) is 0 Å². The third kappa shape index (κ3) is 17.0. The van der Waals surface area contributed by atoms with Gasteiger partial charge in [-0.3, -0.25) is 0 Å². The molecular weight excluding hydrogens is 396 g/mol. The van der Waals surface area contributed by atoms with Gasteiger partial charge >= 0.3 is 0 Å². The third-order valence-corrected chi connectivity index (χ3v) is 3.74. The quantitative estimate of drug-likeness (QED) is 0.246. The van der Waals surface area contributed by atoms with Crippen LogP contribution in [-0.4, -0.2) is 28.2 Å². The molecule has 1 saturated carbocycles. The molecule has 0 N–H and O–H groups in total. The second-order valence-corrected chi connectivity index (χ2v) is 13.7. The average molecular weight is 449 g/mol. The maximum absolute atomic E-state index is 5.79. The molecule has 6 heteroatoms. The van der Waals surface area contributed by atoms with Crippen molar-refractivity contribution in [2.45, 2.75) is 151 Å². The highest BCUT2D eigenvalue weighted by molar-refractivity contribution is 4.88. The Morgan fingerprint density at radius 1 is 0.548 bits per heavy atom. The highest BCUT2D eigenvalue weighted by atomic mass is 17.3. The van der Waals surface area contributed by atoms with Crippen LogP contribution in [0.4, 0.5) is 0 Å². The summed E-state index contributed by atoms with van der Waals surface area (Å²) >= 11 is 0. The van der Waals surface area contributed by atoms with Crippen molar-refractivity contribution in [1.29, 1.82) is 0 Å². The van der Waals surface area contributed by atoms with Gasteiger partial charge < -0.3 is 0 Å². The molecule has 188 valence electrons. The zero-order chi connectivity index (χ0) is 24.9. The second kappa shape index (κ2) is 10.8. The molecule has 1 fully saturated rings. The Morgan fingerprint density at radius 2 is 0.871 bits per heavy atom. The zero-order valence-corrected chi connectivity index (χ0v) is 23.1. The van der Waals surface area contributed by atoms with Crippen molar-refractivity contribution >= 4 is 0 Å². The fourth-order valence-corrected chi connectivity index (χ4v) is 3.21. The molecule has 1 atom stereocenters. The minimum atomic E-state index is -0.846.